The van der Waals surface area contributed by atoms with Gasteiger partial charge in [0.05, 0.1) is 11.4 Å². The van der Waals surface area contributed by atoms with Crippen molar-refractivity contribution < 1.29 is 9.90 Å². The smallest absolute Gasteiger partial charge is 0.251 e. The van der Waals surface area contributed by atoms with Crippen LogP contribution in [0.3, 0.4) is 0 Å². The minimum atomic E-state index is -0.929. The number of hydrogen-bond acceptors (Lipinski definition) is 4. The lowest BCUT2D eigenvalue weighted by molar-refractivity contribution is -0.139. The fourth-order valence-electron chi connectivity index (χ4n) is 2.64. The minimum Gasteiger partial charge on any atom is -0.383 e. The first kappa shape index (κ1) is 18.5. The Morgan fingerprint density at radius 2 is 2.12 bits per heavy atom. The van der Waals surface area contributed by atoms with Gasteiger partial charge in [-0.05, 0) is 56.0 Å². The highest BCUT2D eigenvalue weighted by Crippen LogP contribution is 2.15. The summed E-state index contributed by atoms with van der Waals surface area (Å²) < 4.78 is 1.90. The summed E-state index contributed by atoms with van der Waals surface area (Å²) in [6.45, 7) is 4.45. The fraction of sp³-hybridized carbons (Fsp3) is 0.444. The maximum Gasteiger partial charge on any atom is 0.251 e. The Morgan fingerprint density at radius 1 is 1.38 bits per heavy atom. The molecule has 2 aromatic rings. The molecule has 0 saturated heterocycles. The second-order valence-corrected chi connectivity index (χ2v) is 6.99. The molecule has 1 amide bonds. The van der Waals surface area contributed by atoms with Gasteiger partial charge in [-0.3, -0.25) is 4.79 Å². The van der Waals surface area contributed by atoms with Crippen molar-refractivity contribution in [2.45, 2.75) is 32.9 Å². The van der Waals surface area contributed by atoms with Gasteiger partial charge in [-0.2, -0.15) is 16.9 Å². The molecule has 0 aliphatic heterocycles. The topological polar surface area (TPSA) is 58.4 Å². The summed E-state index contributed by atoms with van der Waals surface area (Å²) in [5.41, 5.74) is 4.03. The van der Waals surface area contributed by atoms with E-state index in [1.165, 1.54) is 0 Å². The van der Waals surface area contributed by atoms with Gasteiger partial charge in [0.1, 0.15) is 6.10 Å². The average molecular weight is 347 g/mol. The van der Waals surface area contributed by atoms with Crippen LogP contribution < -0.4 is 0 Å². The number of rotatable bonds is 7. The van der Waals surface area contributed by atoms with Crippen molar-refractivity contribution in [2.75, 3.05) is 19.1 Å². The Bertz CT molecular complexity index is 699. The van der Waals surface area contributed by atoms with Crippen LogP contribution in [-0.4, -0.2) is 50.9 Å². The Morgan fingerprint density at radius 3 is 2.75 bits per heavy atom. The zero-order chi connectivity index (χ0) is 17.7. The molecule has 0 spiro atoms. The number of carbonyl (C=O) groups is 1. The van der Waals surface area contributed by atoms with Crippen LogP contribution in [-0.2, 0) is 11.3 Å². The first-order valence-corrected chi connectivity index (χ1v) is 9.36. The van der Waals surface area contributed by atoms with Crippen LogP contribution >= 0.6 is 11.8 Å². The van der Waals surface area contributed by atoms with E-state index in [2.05, 4.69) is 5.10 Å². The molecule has 1 atom stereocenters. The third kappa shape index (κ3) is 4.61. The first-order valence-electron chi connectivity index (χ1n) is 7.97. The van der Waals surface area contributed by atoms with Crippen LogP contribution in [0.2, 0.25) is 0 Å². The number of amides is 1. The molecule has 1 heterocycles. The summed E-state index contributed by atoms with van der Waals surface area (Å²) in [5, 5.41) is 14.4. The quantitative estimate of drug-likeness (QED) is 0.836. The molecule has 1 aromatic carbocycles. The lowest BCUT2D eigenvalue weighted by Gasteiger charge is -2.21. The number of likely N-dealkylation sites (N-methyl/N-ethyl adjacent to an activating group) is 1. The summed E-state index contributed by atoms with van der Waals surface area (Å²) in [5.74, 6) is 0.536. The number of nitrogens with zero attached hydrogens (tertiary/aromatic N) is 3. The van der Waals surface area contributed by atoms with Gasteiger partial charge in [0.25, 0.3) is 5.91 Å². The van der Waals surface area contributed by atoms with Crippen molar-refractivity contribution in [3.63, 3.8) is 0 Å². The third-order valence-electron chi connectivity index (χ3n) is 3.84. The Labute approximate surface area is 147 Å². The molecule has 1 N–H and O–H groups in total. The highest BCUT2D eigenvalue weighted by Gasteiger charge is 2.19. The molecule has 0 aliphatic rings. The van der Waals surface area contributed by atoms with Crippen LogP contribution in [0.15, 0.2) is 30.3 Å². The number of carbonyl (C=O) groups excluding carboxylic acids is 1. The van der Waals surface area contributed by atoms with Crippen molar-refractivity contribution in [3.8, 4) is 5.69 Å². The zero-order valence-corrected chi connectivity index (χ0v) is 15.5. The van der Waals surface area contributed by atoms with Gasteiger partial charge in [-0.25, -0.2) is 4.68 Å². The lowest BCUT2D eigenvalue weighted by atomic mass is 10.1. The number of aliphatic hydroxyl groups excluding tert-OH is 1. The molecular formula is C18H25N3O2S. The van der Waals surface area contributed by atoms with Gasteiger partial charge in [-0.15, -0.1) is 0 Å². The number of aryl methyl sites for hydroxylation is 2. The van der Waals surface area contributed by atoms with Gasteiger partial charge >= 0.3 is 0 Å². The summed E-state index contributed by atoms with van der Waals surface area (Å²) in [6, 6.07) is 10.00. The van der Waals surface area contributed by atoms with E-state index >= 15 is 0 Å². The van der Waals surface area contributed by atoms with Gasteiger partial charge in [0.15, 0.2) is 0 Å². The summed E-state index contributed by atoms with van der Waals surface area (Å²) in [7, 11) is 1.72. The molecule has 5 nitrogen and oxygen atoms in total. The van der Waals surface area contributed by atoms with Crippen molar-refractivity contribution in [1.29, 1.82) is 0 Å². The largest absolute Gasteiger partial charge is 0.383 e. The van der Waals surface area contributed by atoms with Crippen molar-refractivity contribution in [3.05, 3.63) is 47.3 Å². The van der Waals surface area contributed by atoms with E-state index in [-0.39, 0.29) is 5.91 Å². The van der Waals surface area contributed by atoms with E-state index in [4.69, 9.17) is 0 Å². The molecule has 0 aliphatic carbocycles. The highest BCUT2D eigenvalue weighted by molar-refractivity contribution is 7.98. The van der Waals surface area contributed by atoms with Crippen molar-refractivity contribution in [1.82, 2.24) is 14.7 Å². The molecule has 0 unspecified atom stereocenters. The standard InChI is InChI=1S/C18H25N3O2S/c1-13-10-14(2)21(19-13)16-7-5-6-15(11-16)12-20(3)18(23)17(22)8-9-24-4/h5-7,10-11,17,22H,8-9,12H2,1-4H3/t17-/m1/s1. The van der Waals surface area contributed by atoms with Crippen LogP contribution in [0.1, 0.15) is 23.4 Å². The van der Waals surface area contributed by atoms with E-state index < -0.39 is 6.10 Å². The molecule has 24 heavy (non-hydrogen) atoms. The van der Waals surface area contributed by atoms with Crippen LogP contribution in [0.5, 0.6) is 0 Å². The Kier molecular flexibility index (Phi) is 6.45. The van der Waals surface area contributed by atoms with Gasteiger partial charge in [0.2, 0.25) is 0 Å². The number of aliphatic hydroxyl groups is 1. The normalized spacial score (nSPS) is 12.2. The van der Waals surface area contributed by atoms with Gasteiger partial charge in [-0.1, -0.05) is 12.1 Å². The molecule has 2 rings (SSSR count). The fourth-order valence-corrected chi connectivity index (χ4v) is 3.09. The molecule has 0 radical (unpaired) electrons. The minimum absolute atomic E-state index is 0.236. The van der Waals surface area contributed by atoms with Crippen LogP contribution in [0.25, 0.3) is 5.69 Å². The van der Waals surface area contributed by atoms with E-state index in [0.29, 0.717) is 13.0 Å². The van der Waals surface area contributed by atoms with E-state index in [1.54, 1.807) is 23.7 Å². The lowest BCUT2D eigenvalue weighted by Crippen LogP contribution is -2.36. The molecule has 6 heteroatoms. The van der Waals surface area contributed by atoms with E-state index in [1.807, 2.05) is 55.1 Å². The molecule has 0 saturated carbocycles. The van der Waals surface area contributed by atoms with E-state index in [0.717, 1.165) is 28.4 Å². The number of benzene rings is 1. The zero-order valence-electron chi connectivity index (χ0n) is 14.7. The van der Waals surface area contributed by atoms with Crippen molar-refractivity contribution in [2.24, 2.45) is 0 Å². The molecule has 130 valence electrons. The second-order valence-electron chi connectivity index (χ2n) is 6.00. The second kappa shape index (κ2) is 8.35. The molecule has 0 fully saturated rings. The summed E-state index contributed by atoms with van der Waals surface area (Å²) >= 11 is 1.63. The number of thioether (sulfide) groups is 1. The maximum atomic E-state index is 12.2. The highest BCUT2D eigenvalue weighted by atomic mass is 32.2. The van der Waals surface area contributed by atoms with Gasteiger partial charge < -0.3 is 10.0 Å². The third-order valence-corrected chi connectivity index (χ3v) is 4.49. The predicted molar refractivity (Wildman–Crippen MR) is 98.5 cm³/mol. The van der Waals surface area contributed by atoms with Crippen LogP contribution in [0.4, 0.5) is 0 Å². The molecular weight excluding hydrogens is 322 g/mol. The van der Waals surface area contributed by atoms with Crippen LogP contribution in [0, 0.1) is 13.8 Å². The predicted octanol–water partition coefficient (Wildman–Crippen LogP) is 2.56. The number of hydrogen-bond donors (Lipinski definition) is 1. The van der Waals surface area contributed by atoms with Gasteiger partial charge in [0, 0.05) is 19.3 Å². The maximum absolute atomic E-state index is 12.2. The Hall–Kier alpha value is -1.79. The summed E-state index contributed by atoms with van der Waals surface area (Å²) in [4.78, 5) is 13.8. The Balaban J connectivity index is 2.09. The number of aromatic nitrogens is 2. The van der Waals surface area contributed by atoms with E-state index in [9.17, 15) is 9.90 Å². The first-order chi connectivity index (χ1) is 11.4. The molecule has 0 bridgehead atoms. The average Bonchev–Trinajstić information content (AvgIpc) is 2.90. The van der Waals surface area contributed by atoms with Crippen molar-refractivity contribution >= 4 is 17.7 Å². The molecule has 1 aromatic heterocycles. The monoisotopic (exact) mass is 347 g/mol. The SMILES string of the molecule is CSCC[C@@H](O)C(=O)N(C)Cc1cccc(-n2nc(C)cc2C)c1. The summed E-state index contributed by atoms with van der Waals surface area (Å²) in [6.07, 6.45) is 1.52.